The maximum absolute atomic E-state index is 12.4. The van der Waals surface area contributed by atoms with Crippen LogP contribution in [0.3, 0.4) is 0 Å². The van der Waals surface area contributed by atoms with Crippen molar-refractivity contribution < 1.29 is 18.0 Å². The molecule has 1 fully saturated rings. The highest BCUT2D eigenvalue weighted by atomic mass is 19.4. The third kappa shape index (κ3) is 4.23. The summed E-state index contributed by atoms with van der Waals surface area (Å²) in [5, 5.41) is 6.11. The van der Waals surface area contributed by atoms with E-state index in [9.17, 15) is 18.0 Å². The van der Waals surface area contributed by atoms with Crippen molar-refractivity contribution in [2.45, 2.75) is 31.5 Å². The zero-order valence-corrected chi connectivity index (χ0v) is 11.0. The third-order valence-electron chi connectivity index (χ3n) is 3.35. The lowest BCUT2D eigenvalue weighted by molar-refractivity contribution is -0.137. The minimum Gasteiger partial charge on any atom is -0.353 e. The van der Waals surface area contributed by atoms with Gasteiger partial charge >= 0.3 is 6.18 Å². The topological polar surface area (TPSA) is 41.1 Å². The number of piperidine rings is 1. The molecule has 0 atom stereocenters. The lowest BCUT2D eigenvalue weighted by Crippen LogP contribution is -2.43. The van der Waals surface area contributed by atoms with E-state index in [1.54, 1.807) is 0 Å². The average molecular weight is 286 g/mol. The van der Waals surface area contributed by atoms with Gasteiger partial charge in [-0.1, -0.05) is 12.1 Å². The van der Waals surface area contributed by atoms with E-state index in [1.165, 1.54) is 12.1 Å². The van der Waals surface area contributed by atoms with Crippen LogP contribution in [0.4, 0.5) is 13.2 Å². The van der Waals surface area contributed by atoms with E-state index in [0.29, 0.717) is 5.56 Å². The van der Waals surface area contributed by atoms with Crippen molar-refractivity contribution in [2.24, 2.45) is 0 Å². The molecule has 1 aromatic rings. The SMILES string of the molecule is O=C(Cc1ccc(C(F)(F)F)cc1)NC1CCNCC1. The van der Waals surface area contributed by atoms with Gasteiger partial charge in [0.05, 0.1) is 12.0 Å². The monoisotopic (exact) mass is 286 g/mol. The molecule has 1 aliphatic heterocycles. The Morgan fingerprint density at radius 2 is 1.80 bits per heavy atom. The smallest absolute Gasteiger partial charge is 0.353 e. The number of amides is 1. The van der Waals surface area contributed by atoms with Crippen molar-refractivity contribution in [1.82, 2.24) is 10.6 Å². The van der Waals surface area contributed by atoms with E-state index in [2.05, 4.69) is 10.6 Å². The van der Waals surface area contributed by atoms with Gasteiger partial charge in [0.25, 0.3) is 0 Å². The molecule has 1 aromatic carbocycles. The molecule has 0 radical (unpaired) electrons. The first kappa shape index (κ1) is 14.8. The van der Waals surface area contributed by atoms with Gasteiger partial charge in [-0.2, -0.15) is 13.2 Å². The number of carbonyl (C=O) groups is 1. The molecule has 0 bridgehead atoms. The molecule has 110 valence electrons. The first-order chi connectivity index (χ1) is 9.45. The molecule has 2 N–H and O–H groups in total. The molecule has 1 aliphatic rings. The maximum Gasteiger partial charge on any atom is 0.416 e. The molecule has 0 aromatic heterocycles. The molecule has 20 heavy (non-hydrogen) atoms. The van der Waals surface area contributed by atoms with Gasteiger partial charge in [-0.3, -0.25) is 4.79 Å². The van der Waals surface area contributed by atoms with Crippen molar-refractivity contribution >= 4 is 5.91 Å². The fourth-order valence-corrected chi connectivity index (χ4v) is 2.24. The van der Waals surface area contributed by atoms with Crippen molar-refractivity contribution in [1.29, 1.82) is 0 Å². The first-order valence-corrected chi connectivity index (χ1v) is 6.61. The van der Waals surface area contributed by atoms with E-state index in [4.69, 9.17) is 0 Å². The molecule has 0 aliphatic carbocycles. The predicted molar refractivity (Wildman–Crippen MR) is 69.2 cm³/mol. The fourth-order valence-electron chi connectivity index (χ4n) is 2.24. The Hall–Kier alpha value is -1.56. The number of alkyl halides is 3. The largest absolute Gasteiger partial charge is 0.416 e. The van der Waals surface area contributed by atoms with Crippen LogP contribution < -0.4 is 10.6 Å². The molecule has 0 saturated carbocycles. The van der Waals surface area contributed by atoms with Crippen LogP contribution in [0.2, 0.25) is 0 Å². The number of benzene rings is 1. The Balaban J connectivity index is 1.87. The summed E-state index contributed by atoms with van der Waals surface area (Å²) < 4.78 is 37.2. The highest BCUT2D eigenvalue weighted by molar-refractivity contribution is 5.78. The van der Waals surface area contributed by atoms with Gasteiger partial charge in [0, 0.05) is 6.04 Å². The number of carbonyl (C=O) groups excluding carboxylic acids is 1. The van der Waals surface area contributed by atoms with Gasteiger partial charge < -0.3 is 10.6 Å². The minimum absolute atomic E-state index is 0.113. The van der Waals surface area contributed by atoms with Crippen LogP contribution in [0.1, 0.15) is 24.0 Å². The van der Waals surface area contributed by atoms with Crippen LogP contribution in [0, 0.1) is 0 Å². The molecule has 6 heteroatoms. The summed E-state index contributed by atoms with van der Waals surface area (Å²) in [6.07, 6.45) is -2.45. The molecule has 2 rings (SSSR count). The Bertz CT molecular complexity index is 450. The Morgan fingerprint density at radius 1 is 1.20 bits per heavy atom. The normalized spacial score (nSPS) is 16.9. The molecule has 1 amide bonds. The van der Waals surface area contributed by atoms with E-state index in [1.807, 2.05) is 0 Å². The Labute approximate surface area is 115 Å². The number of nitrogens with one attached hydrogen (secondary N) is 2. The molecule has 1 saturated heterocycles. The molecular weight excluding hydrogens is 269 g/mol. The second kappa shape index (κ2) is 6.26. The quantitative estimate of drug-likeness (QED) is 0.893. The summed E-state index contributed by atoms with van der Waals surface area (Å²) >= 11 is 0. The van der Waals surface area contributed by atoms with E-state index >= 15 is 0 Å². The lowest BCUT2D eigenvalue weighted by atomic mass is 10.1. The highest BCUT2D eigenvalue weighted by Gasteiger charge is 2.30. The van der Waals surface area contributed by atoms with Gasteiger partial charge in [0.2, 0.25) is 5.91 Å². The molecule has 0 unspecified atom stereocenters. The van der Waals surface area contributed by atoms with Crippen LogP contribution in [-0.4, -0.2) is 25.0 Å². The summed E-state index contributed by atoms with van der Waals surface area (Å²) in [4.78, 5) is 11.8. The van der Waals surface area contributed by atoms with Crippen LogP contribution in [0.15, 0.2) is 24.3 Å². The number of rotatable bonds is 3. The zero-order valence-electron chi connectivity index (χ0n) is 11.0. The zero-order chi connectivity index (χ0) is 14.6. The van der Waals surface area contributed by atoms with Crippen LogP contribution in [0.25, 0.3) is 0 Å². The molecule has 0 spiro atoms. The van der Waals surface area contributed by atoms with Gasteiger partial charge in [-0.25, -0.2) is 0 Å². The van der Waals surface area contributed by atoms with E-state index in [0.717, 1.165) is 38.1 Å². The standard InChI is InChI=1S/C14H17F3N2O/c15-14(16,17)11-3-1-10(2-4-11)9-13(20)19-12-5-7-18-8-6-12/h1-4,12,18H,5-9H2,(H,19,20). The highest BCUT2D eigenvalue weighted by Crippen LogP contribution is 2.29. The van der Waals surface area contributed by atoms with Crippen molar-refractivity contribution in [3.8, 4) is 0 Å². The number of hydrogen-bond acceptors (Lipinski definition) is 2. The van der Waals surface area contributed by atoms with Crippen LogP contribution >= 0.6 is 0 Å². The fraction of sp³-hybridized carbons (Fsp3) is 0.500. The maximum atomic E-state index is 12.4. The summed E-state index contributed by atoms with van der Waals surface area (Å²) in [7, 11) is 0. The summed E-state index contributed by atoms with van der Waals surface area (Å²) in [6, 6.07) is 4.88. The van der Waals surface area contributed by atoms with Crippen molar-refractivity contribution in [2.75, 3.05) is 13.1 Å². The molecule has 3 nitrogen and oxygen atoms in total. The first-order valence-electron chi connectivity index (χ1n) is 6.61. The van der Waals surface area contributed by atoms with E-state index < -0.39 is 11.7 Å². The number of halogens is 3. The van der Waals surface area contributed by atoms with E-state index in [-0.39, 0.29) is 18.4 Å². The van der Waals surface area contributed by atoms with Crippen molar-refractivity contribution in [3.05, 3.63) is 35.4 Å². The van der Waals surface area contributed by atoms with Crippen molar-refractivity contribution in [3.63, 3.8) is 0 Å². The summed E-state index contributed by atoms with van der Waals surface area (Å²) in [5.74, 6) is -0.142. The average Bonchev–Trinajstić information content (AvgIpc) is 2.39. The van der Waals surface area contributed by atoms with Gasteiger partial charge in [-0.05, 0) is 43.6 Å². The third-order valence-corrected chi connectivity index (χ3v) is 3.35. The second-order valence-corrected chi connectivity index (χ2v) is 4.96. The second-order valence-electron chi connectivity index (χ2n) is 4.96. The number of hydrogen-bond donors (Lipinski definition) is 2. The summed E-state index contributed by atoms with van der Waals surface area (Å²) in [6.45, 7) is 1.76. The van der Waals surface area contributed by atoms with Gasteiger partial charge in [0.1, 0.15) is 0 Å². The van der Waals surface area contributed by atoms with Gasteiger partial charge in [0.15, 0.2) is 0 Å². The minimum atomic E-state index is -4.34. The van der Waals surface area contributed by atoms with Crippen LogP contribution in [0.5, 0.6) is 0 Å². The summed E-state index contributed by atoms with van der Waals surface area (Å²) in [5.41, 5.74) is -0.107. The Morgan fingerprint density at radius 3 is 2.35 bits per heavy atom. The predicted octanol–water partition coefficient (Wildman–Crippen LogP) is 2.12. The van der Waals surface area contributed by atoms with Crippen LogP contribution in [-0.2, 0) is 17.4 Å². The lowest BCUT2D eigenvalue weighted by Gasteiger charge is -2.23. The molecular formula is C14H17F3N2O. The molecule has 1 heterocycles. The Kier molecular flexibility index (Phi) is 4.65. The van der Waals surface area contributed by atoms with Gasteiger partial charge in [-0.15, -0.1) is 0 Å².